The van der Waals surface area contributed by atoms with E-state index in [1.54, 1.807) is 13.2 Å². The summed E-state index contributed by atoms with van der Waals surface area (Å²) in [6, 6.07) is 4.66. The summed E-state index contributed by atoms with van der Waals surface area (Å²) in [6.45, 7) is 3.49. The molecule has 108 valence electrons. The fraction of sp³-hybridized carbons (Fsp3) is 0.357. The minimum Gasteiger partial charge on any atom is -0.385 e. The first-order chi connectivity index (χ1) is 9.60. The standard InChI is InChI=1S/C14H17FIN3O/c1-10-9-19(6-3-7-20-2)14(17-10)18-13-5-4-11(15)8-12(13)16/h4-5,8-9H,3,6-7H2,1-2H3,(H,17,18). The number of aryl methyl sites for hydroxylation is 2. The van der Waals surface area contributed by atoms with Gasteiger partial charge in [-0.2, -0.15) is 0 Å². The van der Waals surface area contributed by atoms with Gasteiger partial charge in [-0.15, -0.1) is 0 Å². The number of imidazole rings is 1. The zero-order chi connectivity index (χ0) is 14.5. The van der Waals surface area contributed by atoms with Gasteiger partial charge in [-0.25, -0.2) is 9.37 Å². The average Bonchev–Trinajstić information content (AvgIpc) is 2.73. The number of hydrogen-bond acceptors (Lipinski definition) is 3. The van der Waals surface area contributed by atoms with Gasteiger partial charge in [0.05, 0.1) is 11.4 Å². The second-order valence-electron chi connectivity index (χ2n) is 4.49. The smallest absolute Gasteiger partial charge is 0.207 e. The van der Waals surface area contributed by atoms with Crippen molar-refractivity contribution in [3.8, 4) is 0 Å². The number of anilines is 2. The molecule has 0 amide bonds. The van der Waals surface area contributed by atoms with E-state index in [0.717, 1.165) is 33.9 Å². The van der Waals surface area contributed by atoms with E-state index in [9.17, 15) is 4.39 Å². The number of nitrogens with zero attached hydrogens (tertiary/aromatic N) is 2. The summed E-state index contributed by atoms with van der Waals surface area (Å²) in [4.78, 5) is 4.46. The molecule has 2 rings (SSSR count). The van der Waals surface area contributed by atoms with Gasteiger partial charge in [0, 0.05) is 30.0 Å². The molecule has 0 radical (unpaired) electrons. The fourth-order valence-corrected chi connectivity index (χ4v) is 2.52. The van der Waals surface area contributed by atoms with Crippen LogP contribution in [0.4, 0.5) is 16.0 Å². The van der Waals surface area contributed by atoms with Gasteiger partial charge in [0.1, 0.15) is 5.82 Å². The molecule has 0 spiro atoms. The van der Waals surface area contributed by atoms with E-state index in [-0.39, 0.29) is 5.82 Å². The van der Waals surface area contributed by atoms with E-state index in [4.69, 9.17) is 4.74 Å². The largest absolute Gasteiger partial charge is 0.385 e. The third-order valence-corrected chi connectivity index (χ3v) is 3.71. The maximum Gasteiger partial charge on any atom is 0.207 e. The summed E-state index contributed by atoms with van der Waals surface area (Å²) in [6.07, 6.45) is 2.91. The van der Waals surface area contributed by atoms with Crippen molar-refractivity contribution in [3.05, 3.63) is 39.5 Å². The summed E-state index contributed by atoms with van der Waals surface area (Å²) in [5, 5.41) is 3.25. The summed E-state index contributed by atoms with van der Waals surface area (Å²) < 4.78 is 21.0. The molecule has 1 heterocycles. The van der Waals surface area contributed by atoms with Gasteiger partial charge in [0.25, 0.3) is 0 Å². The van der Waals surface area contributed by atoms with Crippen molar-refractivity contribution in [3.63, 3.8) is 0 Å². The molecule has 0 aliphatic rings. The fourth-order valence-electron chi connectivity index (χ4n) is 1.91. The maximum absolute atomic E-state index is 13.1. The lowest BCUT2D eigenvalue weighted by atomic mass is 10.3. The number of halogens is 2. The molecule has 20 heavy (non-hydrogen) atoms. The molecule has 2 aromatic rings. The Kier molecular flexibility index (Phi) is 5.36. The highest BCUT2D eigenvalue weighted by Crippen LogP contribution is 2.23. The summed E-state index contributed by atoms with van der Waals surface area (Å²) in [7, 11) is 1.69. The SMILES string of the molecule is COCCCn1cc(C)nc1Nc1ccc(F)cc1I. The van der Waals surface area contributed by atoms with Gasteiger partial charge in [0.15, 0.2) is 0 Å². The topological polar surface area (TPSA) is 39.1 Å². The minimum absolute atomic E-state index is 0.237. The van der Waals surface area contributed by atoms with Gasteiger partial charge < -0.3 is 14.6 Å². The van der Waals surface area contributed by atoms with E-state index in [1.807, 2.05) is 17.7 Å². The van der Waals surface area contributed by atoms with E-state index >= 15 is 0 Å². The number of hydrogen-bond donors (Lipinski definition) is 1. The van der Waals surface area contributed by atoms with Crippen LogP contribution in [0.2, 0.25) is 0 Å². The Morgan fingerprint density at radius 3 is 2.95 bits per heavy atom. The number of ether oxygens (including phenoxy) is 1. The van der Waals surface area contributed by atoms with Gasteiger partial charge in [-0.1, -0.05) is 0 Å². The molecule has 1 N–H and O–H groups in total. The number of benzene rings is 1. The zero-order valence-corrected chi connectivity index (χ0v) is 13.6. The van der Waals surface area contributed by atoms with Crippen LogP contribution in [0, 0.1) is 16.3 Å². The van der Waals surface area contributed by atoms with Gasteiger partial charge in [-0.05, 0) is 54.1 Å². The van der Waals surface area contributed by atoms with Crippen molar-refractivity contribution in [2.75, 3.05) is 19.0 Å². The second-order valence-corrected chi connectivity index (χ2v) is 5.66. The van der Waals surface area contributed by atoms with Crippen LogP contribution < -0.4 is 5.32 Å². The molecule has 0 unspecified atom stereocenters. The Labute approximate surface area is 131 Å². The Balaban J connectivity index is 2.15. The third-order valence-electron chi connectivity index (χ3n) is 2.82. The van der Waals surface area contributed by atoms with Crippen LogP contribution in [0.1, 0.15) is 12.1 Å². The number of nitrogens with one attached hydrogen (secondary N) is 1. The summed E-state index contributed by atoms with van der Waals surface area (Å²) in [5.74, 6) is 0.530. The predicted octanol–water partition coefficient (Wildman–Crippen LogP) is 3.72. The summed E-state index contributed by atoms with van der Waals surface area (Å²) in [5.41, 5.74) is 1.80. The van der Waals surface area contributed by atoms with Crippen molar-refractivity contribution in [2.24, 2.45) is 0 Å². The van der Waals surface area contributed by atoms with Crippen LogP contribution >= 0.6 is 22.6 Å². The van der Waals surface area contributed by atoms with Crippen LogP contribution in [0.25, 0.3) is 0 Å². The minimum atomic E-state index is -0.237. The molecular formula is C14H17FIN3O. The number of aromatic nitrogens is 2. The lowest BCUT2D eigenvalue weighted by Crippen LogP contribution is -2.06. The van der Waals surface area contributed by atoms with E-state index in [1.165, 1.54) is 12.1 Å². The second kappa shape index (κ2) is 7.03. The van der Waals surface area contributed by atoms with Crippen molar-refractivity contribution in [2.45, 2.75) is 19.9 Å². The average molecular weight is 389 g/mol. The first-order valence-corrected chi connectivity index (χ1v) is 7.43. The van der Waals surface area contributed by atoms with Gasteiger partial charge in [0.2, 0.25) is 5.95 Å². The molecule has 0 aliphatic carbocycles. The van der Waals surface area contributed by atoms with E-state index < -0.39 is 0 Å². The van der Waals surface area contributed by atoms with E-state index in [0.29, 0.717) is 6.61 Å². The molecule has 1 aromatic carbocycles. The molecule has 0 aliphatic heterocycles. The van der Waals surface area contributed by atoms with E-state index in [2.05, 4.69) is 32.9 Å². The third kappa shape index (κ3) is 3.92. The quantitative estimate of drug-likeness (QED) is 0.605. The monoisotopic (exact) mass is 389 g/mol. The predicted molar refractivity (Wildman–Crippen MR) is 85.9 cm³/mol. The first kappa shape index (κ1) is 15.2. The zero-order valence-electron chi connectivity index (χ0n) is 11.5. The number of rotatable bonds is 6. The highest BCUT2D eigenvalue weighted by molar-refractivity contribution is 14.1. The molecule has 0 saturated carbocycles. The van der Waals surface area contributed by atoms with Crippen molar-refractivity contribution in [1.82, 2.24) is 9.55 Å². The van der Waals surface area contributed by atoms with Crippen LogP contribution in [0.5, 0.6) is 0 Å². The Bertz CT molecular complexity index is 586. The normalized spacial score (nSPS) is 10.8. The molecular weight excluding hydrogens is 372 g/mol. The first-order valence-electron chi connectivity index (χ1n) is 6.35. The molecule has 4 nitrogen and oxygen atoms in total. The molecule has 6 heteroatoms. The molecule has 0 bridgehead atoms. The van der Waals surface area contributed by atoms with Gasteiger partial charge in [-0.3, -0.25) is 0 Å². The molecule has 1 aromatic heterocycles. The van der Waals surface area contributed by atoms with Crippen LogP contribution in [0.15, 0.2) is 24.4 Å². The van der Waals surface area contributed by atoms with Crippen molar-refractivity contribution in [1.29, 1.82) is 0 Å². The highest BCUT2D eigenvalue weighted by Gasteiger charge is 2.08. The Morgan fingerprint density at radius 2 is 2.25 bits per heavy atom. The van der Waals surface area contributed by atoms with Crippen LogP contribution in [-0.2, 0) is 11.3 Å². The summed E-state index contributed by atoms with van der Waals surface area (Å²) >= 11 is 2.11. The highest BCUT2D eigenvalue weighted by atomic mass is 127. The Hall–Kier alpha value is -1.15. The number of methoxy groups -OCH3 is 1. The molecule has 0 fully saturated rings. The molecule has 0 atom stereocenters. The Morgan fingerprint density at radius 1 is 1.45 bits per heavy atom. The maximum atomic E-state index is 13.1. The van der Waals surface area contributed by atoms with Gasteiger partial charge >= 0.3 is 0 Å². The van der Waals surface area contributed by atoms with Crippen LogP contribution in [0.3, 0.4) is 0 Å². The molecule has 0 saturated heterocycles. The van der Waals surface area contributed by atoms with Crippen molar-refractivity contribution >= 4 is 34.2 Å². The van der Waals surface area contributed by atoms with Crippen LogP contribution in [-0.4, -0.2) is 23.3 Å². The van der Waals surface area contributed by atoms with Crippen molar-refractivity contribution < 1.29 is 9.13 Å². The lowest BCUT2D eigenvalue weighted by Gasteiger charge is -2.11. The lowest BCUT2D eigenvalue weighted by molar-refractivity contribution is 0.190.